The molecule has 0 fully saturated rings. The third kappa shape index (κ3) is 1.67. The maximum absolute atomic E-state index is 5.00. The zero-order valence-electron chi connectivity index (χ0n) is 6.16. The van der Waals surface area contributed by atoms with Crippen LogP contribution in [-0.4, -0.2) is 4.98 Å². The second-order valence-corrected chi connectivity index (χ2v) is 1.90. The predicted molar refractivity (Wildman–Crippen MR) is 45.8 cm³/mol. The molecule has 0 atom stereocenters. The van der Waals surface area contributed by atoms with Gasteiger partial charge in [0.2, 0.25) is 0 Å². The number of nitrogens with zero attached hydrogens (tertiary/aromatic N) is 1. The lowest BCUT2D eigenvalue weighted by Gasteiger charge is -1.83. The van der Waals surface area contributed by atoms with Gasteiger partial charge in [-0.2, -0.15) is 0 Å². The molecule has 0 bridgehead atoms. The van der Waals surface area contributed by atoms with Gasteiger partial charge in [0.25, 0.3) is 0 Å². The average molecular weight is 147 g/mol. The van der Waals surface area contributed by atoms with Gasteiger partial charge in [0.15, 0.2) is 12.2 Å². The van der Waals surface area contributed by atoms with Crippen LogP contribution in [0.5, 0.6) is 0 Å². The van der Waals surface area contributed by atoms with Crippen molar-refractivity contribution in [1.82, 2.24) is 4.98 Å². The van der Waals surface area contributed by atoms with Gasteiger partial charge >= 0.3 is 0 Å². The fourth-order valence-electron chi connectivity index (χ4n) is 0.701. The first-order chi connectivity index (χ1) is 5.38. The minimum atomic E-state index is 0.683. The number of allylic oxidation sites excluding steroid dienone is 2. The van der Waals surface area contributed by atoms with Crippen LogP contribution in [0.3, 0.4) is 0 Å². The van der Waals surface area contributed by atoms with Crippen LogP contribution in [0.1, 0.15) is 11.5 Å². The summed E-state index contributed by atoms with van der Waals surface area (Å²) >= 11 is 0. The molecule has 0 aliphatic rings. The van der Waals surface area contributed by atoms with E-state index in [1.165, 1.54) is 6.39 Å². The first kappa shape index (κ1) is 7.54. The van der Waals surface area contributed by atoms with Crippen LogP contribution in [0.15, 0.2) is 36.1 Å². The summed E-state index contributed by atoms with van der Waals surface area (Å²) in [4.78, 5) is 3.95. The van der Waals surface area contributed by atoms with E-state index in [1.807, 2.05) is 6.08 Å². The van der Waals surface area contributed by atoms with Crippen molar-refractivity contribution in [2.45, 2.75) is 0 Å². The summed E-state index contributed by atoms with van der Waals surface area (Å²) in [5, 5.41) is 0. The molecule has 1 aromatic rings. The van der Waals surface area contributed by atoms with Crippen molar-refractivity contribution in [3.63, 3.8) is 0 Å². The molecule has 1 rings (SSSR count). The molecule has 0 saturated heterocycles. The van der Waals surface area contributed by atoms with Gasteiger partial charge in [-0.15, -0.1) is 0 Å². The van der Waals surface area contributed by atoms with Crippen LogP contribution in [0.25, 0.3) is 12.2 Å². The molecule has 0 amide bonds. The van der Waals surface area contributed by atoms with Gasteiger partial charge in [-0.3, -0.25) is 0 Å². The Morgan fingerprint density at radius 2 is 2.27 bits per heavy atom. The third-order valence-corrected chi connectivity index (χ3v) is 1.20. The number of hydrogen-bond donors (Lipinski definition) is 0. The number of rotatable bonds is 3. The molecular weight excluding hydrogens is 138 g/mol. The summed E-state index contributed by atoms with van der Waals surface area (Å²) in [6.45, 7) is 7.12. The van der Waals surface area contributed by atoms with Gasteiger partial charge in [-0.05, 0) is 12.2 Å². The van der Waals surface area contributed by atoms with Gasteiger partial charge in [0, 0.05) is 0 Å². The van der Waals surface area contributed by atoms with E-state index in [-0.39, 0.29) is 0 Å². The van der Waals surface area contributed by atoms with Crippen molar-refractivity contribution in [1.29, 1.82) is 0 Å². The lowest BCUT2D eigenvalue weighted by Crippen LogP contribution is -1.72. The summed E-state index contributed by atoms with van der Waals surface area (Å²) in [6, 6.07) is 0. The second kappa shape index (κ2) is 3.56. The molecule has 0 saturated carbocycles. The molecule has 0 aliphatic carbocycles. The van der Waals surface area contributed by atoms with Crippen molar-refractivity contribution >= 4 is 12.2 Å². The first-order valence-corrected chi connectivity index (χ1v) is 3.23. The van der Waals surface area contributed by atoms with E-state index < -0.39 is 0 Å². The summed E-state index contributed by atoms with van der Waals surface area (Å²) < 4.78 is 5.00. The maximum Gasteiger partial charge on any atom is 0.181 e. The minimum Gasteiger partial charge on any atom is -0.444 e. The van der Waals surface area contributed by atoms with Crippen molar-refractivity contribution in [3.05, 3.63) is 43.2 Å². The highest BCUT2D eigenvalue weighted by Gasteiger charge is 1.97. The van der Waals surface area contributed by atoms with Gasteiger partial charge in [0.05, 0.1) is 0 Å². The second-order valence-electron chi connectivity index (χ2n) is 1.90. The number of oxazole rings is 1. The fourth-order valence-corrected chi connectivity index (χ4v) is 0.701. The molecule has 2 heteroatoms. The summed E-state index contributed by atoms with van der Waals surface area (Å²) in [6.07, 6.45) is 8.30. The van der Waals surface area contributed by atoms with Crippen molar-refractivity contribution in [2.24, 2.45) is 0 Å². The van der Waals surface area contributed by atoms with Gasteiger partial charge in [0.1, 0.15) is 5.69 Å². The van der Waals surface area contributed by atoms with Crippen molar-refractivity contribution < 1.29 is 4.42 Å². The van der Waals surface area contributed by atoms with E-state index in [0.29, 0.717) is 5.76 Å². The van der Waals surface area contributed by atoms with Gasteiger partial charge < -0.3 is 4.42 Å². The predicted octanol–water partition coefficient (Wildman–Crippen LogP) is 2.52. The summed E-state index contributed by atoms with van der Waals surface area (Å²) in [5.74, 6) is 0.683. The van der Waals surface area contributed by atoms with E-state index in [2.05, 4.69) is 18.1 Å². The van der Waals surface area contributed by atoms with Crippen LogP contribution in [0.2, 0.25) is 0 Å². The molecule has 2 nitrogen and oxygen atoms in total. The smallest absolute Gasteiger partial charge is 0.181 e. The number of hydrogen-bond acceptors (Lipinski definition) is 2. The average Bonchev–Trinajstić information content (AvgIpc) is 2.47. The Kier molecular flexibility index (Phi) is 2.44. The van der Waals surface area contributed by atoms with Crippen LogP contribution in [-0.2, 0) is 0 Å². The highest BCUT2D eigenvalue weighted by atomic mass is 16.3. The Morgan fingerprint density at radius 1 is 1.45 bits per heavy atom. The van der Waals surface area contributed by atoms with E-state index in [4.69, 9.17) is 4.42 Å². The van der Waals surface area contributed by atoms with Crippen LogP contribution >= 0.6 is 0 Å². The SMILES string of the molecule is C=C/C=C\c1ncoc1C=C. The van der Waals surface area contributed by atoms with E-state index in [1.54, 1.807) is 18.2 Å². The van der Waals surface area contributed by atoms with E-state index >= 15 is 0 Å². The normalized spacial score (nSPS) is 10.2. The molecule has 0 spiro atoms. The Hall–Kier alpha value is -1.57. The maximum atomic E-state index is 5.00. The molecule has 0 unspecified atom stereocenters. The topological polar surface area (TPSA) is 26.0 Å². The molecule has 1 heterocycles. The first-order valence-electron chi connectivity index (χ1n) is 3.23. The highest BCUT2D eigenvalue weighted by Crippen LogP contribution is 2.09. The van der Waals surface area contributed by atoms with Crippen LogP contribution < -0.4 is 0 Å². The Labute approximate surface area is 65.6 Å². The third-order valence-electron chi connectivity index (χ3n) is 1.20. The Morgan fingerprint density at radius 3 is 2.91 bits per heavy atom. The molecule has 0 aromatic carbocycles. The zero-order chi connectivity index (χ0) is 8.10. The lowest BCUT2D eigenvalue weighted by molar-refractivity contribution is 0.548. The quantitative estimate of drug-likeness (QED) is 0.614. The molecule has 11 heavy (non-hydrogen) atoms. The lowest BCUT2D eigenvalue weighted by atomic mass is 10.3. The molecule has 1 aromatic heterocycles. The highest BCUT2D eigenvalue weighted by molar-refractivity contribution is 5.57. The van der Waals surface area contributed by atoms with Gasteiger partial charge in [-0.25, -0.2) is 4.98 Å². The van der Waals surface area contributed by atoms with Gasteiger partial charge in [-0.1, -0.05) is 25.3 Å². The standard InChI is InChI=1S/C9H9NO/c1-3-5-6-8-9(4-2)11-7-10-8/h3-7H,1-2H2/b6-5-. The fraction of sp³-hybridized carbons (Fsp3) is 0. The molecule has 0 aliphatic heterocycles. The van der Waals surface area contributed by atoms with E-state index in [0.717, 1.165) is 5.69 Å². The summed E-state index contributed by atoms with van der Waals surface area (Å²) in [5.41, 5.74) is 0.778. The zero-order valence-corrected chi connectivity index (χ0v) is 6.16. The largest absolute Gasteiger partial charge is 0.444 e. The summed E-state index contributed by atoms with van der Waals surface area (Å²) in [7, 11) is 0. The Bertz CT molecular complexity index is 284. The van der Waals surface area contributed by atoms with Crippen LogP contribution in [0, 0.1) is 0 Å². The van der Waals surface area contributed by atoms with Crippen molar-refractivity contribution in [3.8, 4) is 0 Å². The van der Waals surface area contributed by atoms with Crippen molar-refractivity contribution in [2.75, 3.05) is 0 Å². The van der Waals surface area contributed by atoms with E-state index in [9.17, 15) is 0 Å². The molecular formula is C9H9NO. The molecule has 56 valence electrons. The minimum absolute atomic E-state index is 0.683. The monoisotopic (exact) mass is 147 g/mol. The Balaban J connectivity index is 2.92. The molecule has 0 N–H and O–H groups in total. The molecule has 0 radical (unpaired) electrons. The van der Waals surface area contributed by atoms with Crippen LogP contribution in [0.4, 0.5) is 0 Å². The number of aromatic nitrogens is 1.